The molecule has 29 heavy (non-hydrogen) atoms. The number of ether oxygens (including phenoxy) is 3. The average molecular weight is 412 g/mol. The van der Waals surface area contributed by atoms with Gasteiger partial charge in [0.15, 0.2) is 0 Å². The van der Waals surface area contributed by atoms with Gasteiger partial charge in [-0.3, -0.25) is 4.90 Å². The van der Waals surface area contributed by atoms with Crippen LogP contribution in [0.1, 0.15) is 93.9 Å². The zero-order chi connectivity index (χ0) is 21.7. The van der Waals surface area contributed by atoms with Crippen LogP contribution in [0.15, 0.2) is 0 Å². The highest BCUT2D eigenvalue weighted by Crippen LogP contribution is 2.40. The summed E-state index contributed by atoms with van der Waals surface area (Å²) in [5, 5.41) is 0. The van der Waals surface area contributed by atoms with E-state index in [1.807, 2.05) is 0 Å². The minimum absolute atomic E-state index is 0.0413. The van der Waals surface area contributed by atoms with Gasteiger partial charge in [-0.1, -0.05) is 20.8 Å². The van der Waals surface area contributed by atoms with E-state index in [9.17, 15) is 0 Å². The van der Waals surface area contributed by atoms with Crippen molar-refractivity contribution in [1.29, 1.82) is 0 Å². The highest BCUT2D eigenvalue weighted by Gasteiger charge is 2.36. The van der Waals surface area contributed by atoms with Crippen molar-refractivity contribution >= 4 is 0 Å². The first-order valence-corrected chi connectivity index (χ1v) is 12.1. The van der Waals surface area contributed by atoms with Crippen molar-refractivity contribution in [3.63, 3.8) is 0 Å². The molecular weight excluding hydrogens is 362 g/mol. The number of hydrogen-bond acceptors (Lipinski definition) is 4. The quantitative estimate of drug-likeness (QED) is 0.387. The van der Waals surface area contributed by atoms with Crippen molar-refractivity contribution < 1.29 is 14.2 Å². The lowest BCUT2D eigenvalue weighted by Gasteiger charge is -2.46. The van der Waals surface area contributed by atoms with Crippen molar-refractivity contribution in [2.24, 2.45) is 11.3 Å². The molecule has 0 spiro atoms. The van der Waals surface area contributed by atoms with Crippen molar-refractivity contribution in [3.8, 4) is 0 Å². The molecule has 2 fully saturated rings. The van der Waals surface area contributed by atoms with Crippen molar-refractivity contribution in [3.05, 3.63) is 0 Å². The van der Waals surface area contributed by atoms with Crippen LogP contribution in [-0.2, 0) is 14.2 Å². The number of nitrogens with zero attached hydrogens (tertiary/aromatic N) is 1. The van der Waals surface area contributed by atoms with Crippen molar-refractivity contribution in [2.75, 3.05) is 26.4 Å². The van der Waals surface area contributed by atoms with Gasteiger partial charge in [-0.15, -0.1) is 0 Å². The normalized spacial score (nSPS) is 27.9. The van der Waals surface area contributed by atoms with Crippen LogP contribution in [0.3, 0.4) is 0 Å². The maximum Gasteiger partial charge on any atom is 0.0631 e. The molecule has 0 aromatic rings. The van der Waals surface area contributed by atoms with Gasteiger partial charge in [-0.05, 0) is 84.5 Å². The molecule has 0 heterocycles. The molecule has 0 atom stereocenters. The third-order valence-electron chi connectivity index (χ3n) is 6.10. The second-order valence-electron chi connectivity index (χ2n) is 11.9. The molecule has 0 saturated heterocycles. The summed E-state index contributed by atoms with van der Waals surface area (Å²) in [5.74, 6) is 0.916. The summed E-state index contributed by atoms with van der Waals surface area (Å²) < 4.78 is 17.8. The van der Waals surface area contributed by atoms with Crippen LogP contribution in [-0.4, -0.2) is 61.2 Å². The highest BCUT2D eigenvalue weighted by molar-refractivity contribution is 4.90. The van der Waals surface area contributed by atoms with E-state index in [1.165, 1.54) is 19.3 Å². The fourth-order valence-electron chi connectivity index (χ4n) is 4.80. The lowest BCUT2D eigenvalue weighted by Crippen LogP contribution is -2.49. The van der Waals surface area contributed by atoms with Gasteiger partial charge in [0.05, 0.1) is 24.4 Å². The molecule has 0 aromatic carbocycles. The second-order valence-corrected chi connectivity index (χ2v) is 11.9. The molecule has 0 aliphatic heterocycles. The smallest absolute Gasteiger partial charge is 0.0631 e. The third-order valence-corrected chi connectivity index (χ3v) is 6.10. The summed E-state index contributed by atoms with van der Waals surface area (Å²) >= 11 is 0. The average Bonchev–Trinajstić information content (AvgIpc) is 2.48. The monoisotopic (exact) mass is 411 g/mol. The van der Waals surface area contributed by atoms with Crippen LogP contribution in [0.25, 0.3) is 0 Å². The first-order chi connectivity index (χ1) is 13.4. The Morgan fingerprint density at radius 3 is 2.07 bits per heavy atom. The molecule has 0 amide bonds. The zero-order valence-corrected chi connectivity index (χ0v) is 20.6. The first-order valence-electron chi connectivity index (χ1n) is 12.1. The van der Waals surface area contributed by atoms with Crippen LogP contribution in [0, 0.1) is 11.3 Å². The summed E-state index contributed by atoms with van der Waals surface area (Å²) in [6.07, 6.45) is 7.93. The lowest BCUT2D eigenvalue weighted by atomic mass is 9.71. The van der Waals surface area contributed by atoms with Crippen LogP contribution in [0.4, 0.5) is 0 Å². The van der Waals surface area contributed by atoms with Crippen LogP contribution in [0.2, 0.25) is 0 Å². The lowest BCUT2D eigenvalue weighted by molar-refractivity contribution is -0.149. The highest BCUT2D eigenvalue weighted by atomic mass is 16.5. The molecule has 172 valence electrons. The minimum Gasteiger partial charge on any atom is -0.380 e. The predicted molar refractivity (Wildman–Crippen MR) is 121 cm³/mol. The van der Waals surface area contributed by atoms with Crippen molar-refractivity contribution in [1.82, 2.24) is 4.90 Å². The molecule has 0 N–H and O–H groups in total. The summed E-state index contributed by atoms with van der Waals surface area (Å²) in [6, 6.07) is 1.36. The van der Waals surface area contributed by atoms with E-state index in [0.717, 1.165) is 57.6 Å². The van der Waals surface area contributed by atoms with E-state index < -0.39 is 0 Å². The van der Waals surface area contributed by atoms with E-state index in [4.69, 9.17) is 14.2 Å². The summed E-state index contributed by atoms with van der Waals surface area (Å²) in [5.41, 5.74) is 0.420. The molecule has 0 unspecified atom stereocenters. The Labute approximate surface area is 181 Å². The van der Waals surface area contributed by atoms with Gasteiger partial charge in [0, 0.05) is 31.8 Å². The Morgan fingerprint density at radius 1 is 0.862 bits per heavy atom. The fourth-order valence-corrected chi connectivity index (χ4v) is 4.80. The standard InChI is InChI=1S/C25H49NO3/c1-19(2)26(21-14-20(15-21)18-24(3,4)5)10-13-27-11-9-12-28-22-16-23(17-22)29-25(6,7)8/h19-23H,9-18H2,1-8H3. The van der Waals surface area contributed by atoms with E-state index in [-0.39, 0.29) is 5.60 Å². The van der Waals surface area contributed by atoms with Gasteiger partial charge >= 0.3 is 0 Å². The topological polar surface area (TPSA) is 30.9 Å². The largest absolute Gasteiger partial charge is 0.380 e. The minimum atomic E-state index is -0.0413. The SMILES string of the molecule is CC(C)N(CCOCCCOC1CC(OC(C)(C)C)C1)C1CC(CC(C)(C)C)C1. The summed E-state index contributed by atoms with van der Waals surface area (Å²) in [7, 11) is 0. The Bertz CT molecular complexity index is 454. The Balaban J connectivity index is 1.47. The molecular formula is C25H49NO3. The number of rotatable bonds is 12. The molecule has 0 radical (unpaired) electrons. The van der Waals surface area contributed by atoms with Gasteiger partial charge in [0.1, 0.15) is 0 Å². The van der Waals surface area contributed by atoms with E-state index in [0.29, 0.717) is 23.7 Å². The van der Waals surface area contributed by atoms with Gasteiger partial charge in [-0.25, -0.2) is 0 Å². The van der Waals surface area contributed by atoms with Crippen LogP contribution in [0.5, 0.6) is 0 Å². The van der Waals surface area contributed by atoms with Crippen LogP contribution < -0.4 is 0 Å². The molecule has 0 aromatic heterocycles. The van der Waals surface area contributed by atoms with Crippen molar-refractivity contribution in [2.45, 2.75) is 124 Å². The molecule has 0 bridgehead atoms. The molecule has 2 aliphatic carbocycles. The fraction of sp³-hybridized carbons (Fsp3) is 1.00. The first kappa shape index (κ1) is 25.1. The van der Waals surface area contributed by atoms with Gasteiger partial charge in [0.2, 0.25) is 0 Å². The third kappa shape index (κ3) is 9.67. The molecule has 2 saturated carbocycles. The molecule has 2 rings (SSSR count). The Morgan fingerprint density at radius 2 is 1.52 bits per heavy atom. The van der Waals surface area contributed by atoms with E-state index in [1.54, 1.807) is 0 Å². The number of hydrogen-bond donors (Lipinski definition) is 0. The molecule has 2 aliphatic rings. The second kappa shape index (κ2) is 10.9. The zero-order valence-electron chi connectivity index (χ0n) is 20.6. The van der Waals surface area contributed by atoms with Gasteiger partial charge in [0.25, 0.3) is 0 Å². The predicted octanol–water partition coefficient (Wildman–Crippen LogP) is 5.68. The van der Waals surface area contributed by atoms with Crippen LogP contribution >= 0.6 is 0 Å². The van der Waals surface area contributed by atoms with Gasteiger partial charge in [-0.2, -0.15) is 0 Å². The van der Waals surface area contributed by atoms with E-state index in [2.05, 4.69) is 60.3 Å². The Hall–Kier alpha value is -0.160. The summed E-state index contributed by atoms with van der Waals surface area (Å²) in [4.78, 5) is 2.65. The molecule has 4 nitrogen and oxygen atoms in total. The van der Waals surface area contributed by atoms with Gasteiger partial charge < -0.3 is 14.2 Å². The Kier molecular flexibility index (Phi) is 9.46. The van der Waals surface area contributed by atoms with E-state index >= 15 is 0 Å². The summed E-state index contributed by atoms with van der Waals surface area (Å²) in [6.45, 7) is 21.6. The maximum atomic E-state index is 5.96. The molecule has 4 heteroatoms. The maximum absolute atomic E-state index is 5.96.